The Hall–Kier alpha value is -2.66. The van der Waals surface area contributed by atoms with E-state index in [1.54, 1.807) is 18.3 Å². The molecule has 134 valence electrons. The van der Waals surface area contributed by atoms with Crippen molar-refractivity contribution < 1.29 is 14.3 Å². The van der Waals surface area contributed by atoms with Crippen LogP contribution in [0.5, 0.6) is 0 Å². The van der Waals surface area contributed by atoms with Crippen molar-refractivity contribution in [1.82, 2.24) is 0 Å². The Kier molecular flexibility index (Phi) is 6.02. The van der Waals surface area contributed by atoms with E-state index in [4.69, 9.17) is 4.74 Å². The standard InChI is InChI=1S/C21H21NO3S/c1-15(25-20(23)10-4-8-19-9-5-13-26-19)21(24)22-18-12-11-16-6-2-3-7-17(16)14-18/h2-3,5-7,9,11-15H,4,8,10H2,1H3,(H,22,24)/t15-/m1/s1. The molecule has 0 saturated carbocycles. The summed E-state index contributed by atoms with van der Waals surface area (Å²) in [6.07, 6.45) is 1.06. The summed E-state index contributed by atoms with van der Waals surface area (Å²) in [5, 5.41) is 6.98. The Morgan fingerprint density at radius 2 is 1.88 bits per heavy atom. The molecule has 0 fully saturated rings. The van der Waals surface area contributed by atoms with Crippen molar-refractivity contribution in [3.8, 4) is 0 Å². The third kappa shape index (κ3) is 4.92. The maximum Gasteiger partial charge on any atom is 0.306 e. The number of carbonyl (C=O) groups is 2. The molecular formula is C21H21NO3S. The first-order valence-electron chi connectivity index (χ1n) is 8.63. The number of amides is 1. The summed E-state index contributed by atoms with van der Waals surface area (Å²) >= 11 is 1.68. The smallest absolute Gasteiger partial charge is 0.306 e. The van der Waals surface area contributed by atoms with Crippen molar-refractivity contribution in [2.24, 2.45) is 0 Å². The van der Waals surface area contributed by atoms with Crippen LogP contribution < -0.4 is 5.32 Å². The van der Waals surface area contributed by atoms with Crippen LogP contribution in [-0.4, -0.2) is 18.0 Å². The zero-order chi connectivity index (χ0) is 18.4. The first kappa shape index (κ1) is 18.1. The minimum absolute atomic E-state index is 0.311. The zero-order valence-corrected chi connectivity index (χ0v) is 15.4. The van der Waals surface area contributed by atoms with Crippen LogP contribution in [0.2, 0.25) is 0 Å². The van der Waals surface area contributed by atoms with E-state index >= 15 is 0 Å². The average molecular weight is 367 g/mol. The molecule has 1 atom stereocenters. The van der Waals surface area contributed by atoms with Crippen LogP contribution in [0.4, 0.5) is 5.69 Å². The highest BCUT2D eigenvalue weighted by Gasteiger charge is 2.17. The maximum atomic E-state index is 12.3. The predicted octanol–water partition coefficient (Wildman–Crippen LogP) is 4.79. The van der Waals surface area contributed by atoms with E-state index in [2.05, 4.69) is 11.4 Å². The Bertz CT molecular complexity index is 889. The van der Waals surface area contributed by atoms with Crippen molar-refractivity contribution >= 4 is 39.7 Å². The third-order valence-corrected chi connectivity index (χ3v) is 5.01. The lowest BCUT2D eigenvalue weighted by Gasteiger charge is -2.14. The molecule has 0 saturated heterocycles. The minimum Gasteiger partial charge on any atom is -0.453 e. The summed E-state index contributed by atoms with van der Waals surface area (Å²) in [7, 11) is 0. The molecular weight excluding hydrogens is 346 g/mol. The van der Waals surface area contributed by atoms with Crippen LogP contribution in [0.3, 0.4) is 0 Å². The lowest BCUT2D eigenvalue weighted by Crippen LogP contribution is -2.29. The number of carbonyl (C=O) groups excluding carboxylic acids is 2. The summed E-state index contributed by atoms with van der Waals surface area (Å²) in [5.74, 6) is -0.672. The summed E-state index contributed by atoms with van der Waals surface area (Å²) < 4.78 is 5.24. The van der Waals surface area contributed by atoms with Crippen LogP contribution in [0.15, 0.2) is 60.0 Å². The molecule has 0 spiro atoms. The number of rotatable bonds is 7. The van der Waals surface area contributed by atoms with E-state index in [9.17, 15) is 9.59 Å². The number of nitrogens with one attached hydrogen (secondary N) is 1. The van der Waals surface area contributed by atoms with Crippen LogP contribution in [0.1, 0.15) is 24.6 Å². The van der Waals surface area contributed by atoms with Crippen LogP contribution >= 0.6 is 11.3 Å². The van der Waals surface area contributed by atoms with E-state index in [-0.39, 0.29) is 11.9 Å². The molecule has 1 N–H and O–H groups in total. The molecule has 5 heteroatoms. The van der Waals surface area contributed by atoms with Gasteiger partial charge >= 0.3 is 5.97 Å². The second-order valence-electron chi connectivity index (χ2n) is 6.12. The average Bonchev–Trinajstić information content (AvgIpc) is 3.15. The highest BCUT2D eigenvalue weighted by atomic mass is 32.1. The molecule has 3 aromatic rings. The van der Waals surface area contributed by atoms with Gasteiger partial charge in [-0.05, 0) is 54.1 Å². The molecule has 0 radical (unpaired) electrons. The fourth-order valence-corrected chi connectivity index (χ4v) is 3.43. The lowest BCUT2D eigenvalue weighted by atomic mass is 10.1. The molecule has 1 amide bonds. The highest BCUT2D eigenvalue weighted by molar-refractivity contribution is 7.09. The van der Waals surface area contributed by atoms with Crippen molar-refractivity contribution in [3.05, 3.63) is 64.9 Å². The molecule has 26 heavy (non-hydrogen) atoms. The van der Waals surface area contributed by atoms with Gasteiger partial charge in [-0.2, -0.15) is 0 Å². The number of hydrogen-bond acceptors (Lipinski definition) is 4. The molecule has 4 nitrogen and oxygen atoms in total. The maximum absolute atomic E-state index is 12.3. The number of thiophene rings is 1. The molecule has 2 aromatic carbocycles. The number of benzene rings is 2. The van der Waals surface area contributed by atoms with Gasteiger partial charge in [-0.15, -0.1) is 11.3 Å². The van der Waals surface area contributed by atoms with Gasteiger partial charge in [-0.3, -0.25) is 9.59 Å². The number of esters is 1. The third-order valence-electron chi connectivity index (χ3n) is 4.08. The molecule has 0 aliphatic carbocycles. The molecule has 0 bridgehead atoms. The van der Waals surface area contributed by atoms with Gasteiger partial charge in [0.25, 0.3) is 5.91 Å². The quantitative estimate of drug-likeness (QED) is 0.611. The summed E-state index contributed by atoms with van der Waals surface area (Å²) in [6, 6.07) is 17.7. The molecule has 1 aromatic heterocycles. The van der Waals surface area contributed by atoms with Crippen LogP contribution in [0, 0.1) is 0 Å². The minimum atomic E-state index is -0.823. The summed E-state index contributed by atoms with van der Waals surface area (Å²) in [4.78, 5) is 25.4. The fourth-order valence-electron chi connectivity index (χ4n) is 2.68. The van der Waals surface area contributed by atoms with Gasteiger partial charge in [0.15, 0.2) is 6.10 Å². The van der Waals surface area contributed by atoms with E-state index in [0.717, 1.165) is 23.6 Å². The summed E-state index contributed by atoms with van der Waals surface area (Å²) in [6.45, 7) is 1.59. The second-order valence-corrected chi connectivity index (χ2v) is 7.15. The number of hydrogen-bond donors (Lipinski definition) is 1. The van der Waals surface area contributed by atoms with Crippen molar-refractivity contribution in [2.75, 3.05) is 5.32 Å². The first-order chi connectivity index (χ1) is 12.6. The van der Waals surface area contributed by atoms with Crippen LogP contribution in [0.25, 0.3) is 10.8 Å². The topological polar surface area (TPSA) is 55.4 Å². The van der Waals surface area contributed by atoms with Gasteiger partial charge in [0.1, 0.15) is 0 Å². The normalized spacial score (nSPS) is 11.9. The van der Waals surface area contributed by atoms with E-state index < -0.39 is 6.10 Å². The van der Waals surface area contributed by atoms with Gasteiger partial charge < -0.3 is 10.1 Å². The second kappa shape index (κ2) is 8.63. The number of ether oxygens (including phenoxy) is 1. The van der Waals surface area contributed by atoms with Gasteiger partial charge in [-0.1, -0.05) is 36.4 Å². The molecule has 3 rings (SSSR count). The first-order valence-corrected chi connectivity index (χ1v) is 9.51. The van der Waals surface area contributed by atoms with Crippen molar-refractivity contribution in [1.29, 1.82) is 0 Å². The van der Waals surface area contributed by atoms with Gasteiger partial charge in [0.05, 0.1) is 0 Å². The predicted molar refractivity (Wildman–Crippen MR) is 105 cm³/mol. The summed E-state index contributed by atoms with van der Waals surface area (Å²) in [5.41, 5.74) is 0.689. The Balaban J connectivity index is 1.47. The Morgan fingerprint density at radius 3 is 2.65 bits per heavy atom. The van der Waals surface area contributed by atoms with E-state index in [1.165, 1.54) is 4.88 Å². The number of fused-ring (bicyclic) bond motifs is 1. The zero-order valence-electron chi connectivity index (χ0n) is 14.6. The number of aryl methyl sites for hydroxylation is 1. The molecule has 1 heterocycles. The fraction of sp³-hybridized carbons (Fsp3) is 0.238. The van der Waals surface area contributed by atoms with E-state index in [1.807, 2.05) is 53.9 Å². The Labute approximate surface area is 156 Å². The molecule has 0 aliphatic heterocycles. The molecule has 0 unspecified atom stereocenters. The van der Waals surface area contributed by atoms with Gasteiger partial charge in [0.2, 0.25) is 0 Å². The van der Waals surface area contributed by atoms with Crippen LogP contribution in [-0.2, 0) is 20.7 Å². The number of anilines is 1. The highest BCUT2D eigenvalue weighted by Crippen LogP contribution is 2.19. The SMILES string of the molecule is C[C@@H](OC(=O)CCCc1cccs1)C(=O)Nc1ccc2ccccc2c1. The lowest BCUT2D eigenvalue weighted by molar-refractivity contribution is -0.153. The van der Waals surface area contributed by atoms with Crippen molar-refractivity contribution in [3.63, 3.8) is 0 Å². The Morgan fingerprint density at radius 1 is 1.08 bits per heavy atom. The van der Waals surface area contributed by atoms with Gasteiger partial charge in [0, 0.05) is 17.0 Å². The molecule has 0 aliphatic rings. The van der Waals surface area contributed by atoms with Crippen molar-refractivity contribution in [2.45, 2.75) is 32.3 Å². The van der Waals surface area contributed by atoms with E-state index in [0.29, 0.717) is 12.1 Å². The van der Waals surface area contributed by atoms with Gasteiger partial charge in [-0.25, -0.2) is 0 Å². The largest absolute Gasteiger partial charge is 0.453 e. The monoisotopic (exact) mass is 367 g/mol.